The standard InChI is InChI=1S/C14H16F2O2/c1-9-7-8-11(15)12(13(9)16)14(17)18-10-5-3-2-4-6-10/h7-8,10H,2-6H2,1H3. The molecule has 0 unspecified atom stereocenters. The number of carbonyl (C=O) groups is 1. The minimum atomic E-state index is -0.888. The van der Waals surface area contributed by atoms with E-state index < -0.39 is 23.2 Å². The quantitative estimate of drug-likeness (QED) is 0.751. The van der Waals surface area contributed by atoms with Gasteiger partial charge in [0.2, 0.25) is 0 Å². The van der Waals surface area contributed by atoms with Gasteiger partial charge in [-0.3, -0.25) is 0 Å². The fourth-order valence-electron chi connectivity index (χ4n) is 2.24. The third kappa shape index (κ3) is 2.68. The summed E-state index contributed by atoms with van der Waals surface area (Å²) in [5, 5.41) is 0. The maximum atomic E-state index is 13.7. The third-order valence-corrected chi connectivity index (χ3v) is 3.31. The van der Waals surface area contributed by atoms with Crippen molar-refractivity contribution in [2.24, 2.45) is 0 Å². The van der Waals surface area contributed by atoms with Gasteiger partial charge >= 0.3 is 5.97 Å². The van der Waals surface area contributed by atoms with Crippen LogP contribution in [0, 0.1) is 18.6 Å². The van der Waals surface area contributed by atoms with E-state index in [0.29, 0.717) is 0 Å². The molecule has 0 N–H and O–H groups in total. The molecule has 98 valence electrons. The Kier molecular flexibility index (Phi) is 3.94. The van der Waals surface area contributed by atoms with Crippen LogP contribution in [0.15, 0.2) is 12.1 Å². The highest BCUT2D eigenvalue weighted by molar-refractivity contribution is 5.90. The minimum absolute atomic E-state index is 0.203. The van der Waals surface area contributed by atoms with Gasteiger partial charge in [0.15, 0.2) is 0 Å². The second-order valence-electron chi connectivity index (χ2n) is 4.72. The molecule has 18 heavy (non-hydrogen) atoms. The molecular weight excluding hydrogens is 238 g/mol. The number of halogens is 2. The summed E-state index contributed by atoms with van der Waals surface area (Å²) in [4.78, 5) is 11.8. The lowest BCUT2D eigenvalue weighted by Crippen LogP contribution is -2.22. The first kappa shape index (κ1) is 13.0. The molecule has 2 nitrogen and oxygen atoms in total. The molecule has 1 aliphatic carbocycles. The summed E-state index contributed by atoms with van der Waals surface area (Å²) in [6, 6.07) is 2.40. The second kappa shape index (κ2) is 5.46. The maximum absolute atomic E-state index is 13.7. The van der Waals surface area contributed by atoms with Gasteiger partial charge in [-0.15, -0.1) is 0 Å². The van der Waals surface area contributed by atoms with Crippen LogP contribution in [0.5, 0.6) is 0 Å². The Labute approximate surface area is 105 Å². The van der Waals surface area contributed by atoms with E-state index >= 15 is 0 Å². The van der Waals surface area contributed by atoms with Crippen molar-refractivity contribution in [3.05, 3.63) is 34.9 Å². The highest BCUT2D eigenvalue weighted by atomic mass is 19.1. The molecule has 0 aliphatic heterocycles. The van der Waals surface area contributed by atoms with Gasteiger partial charge in [0, 0.05) is 0 Å². The molecule has 1 fully saturated rings. The summed E-state index contributed by atoms with van der Waals surface area (Å²) in [6.07, 6.45) is 4.47. The van der Waals surface area contributed by atoms with Crippen LogP contribution < -0.4 is 0 Å². The fraction of sp³-hybridized carbons (Fsp3) is 0.500. The number of carbonyl (C=O) groups excluding carboxylic acids is 1. The molecule has 0 spiro atoms. The Morgan fingerprint density at radius 3 is 2.56 bits per heavy atom. The average Bonchev–Trinajstić information content (AvgIpc) is 2.36. The first-order chi connectivity index (χ1) is 8.59. The number of rotatable bonds is 2. The fourth-order valence-corrected chi connectivity index (χ4v) is 2.24. The predicted molar refractivity (Wildman–Crippen MR) is 63.4 cm³/mol. The Morgan fingerprint density at radius 1 is 1.22 bits per heavy atom. The van der Waals surface area contributed by atoms with Crippen molar-refractivity contribution in [2.45, 2.75) is 45.1 Å². The zero-order valence-corrected chi connectivity index (χ0v) is 10.3. The van der Waals surface area contributed by atoms with E-state index in [4.69, 9.17) is 4.74 Å². The SMILES string of the molecule is Cc1ccc(F)c(C(=O)OC2CCCCC2)c1F. The van der Waals surface area contributed by atoms with Crippen LogP contribution in [-0.2, 0) is 4.74 Å². The van der Waals surface area contributed by atoms with Crippen molar-refractivity contribution in [3.8, 4) is 0 Å². The van der Waals surface area contributed by atoms with E-state index in [2.05, 4.69) is 0 Å². The van der Waals surface area contributed by atoms with Crippen molar-refractivity contribution in [1.29, 1.82) is 0 Å². The molecule has 0 bridgehead atoms. The van der Waals surface area contributed by atoms with Crippen molar-refractivity contribution in [2.75, 3.05) is 0 Å². The molecule has 0 heterocycles. The summed E-state index contributed by atoms with van der Waals surface area (Å²) in [5.74, 6) is -2.57. The lowest BCUT2D eigenvalue weighted by atomic mass is 9.98. The van der Waals surface area contributed by atoms with Gasteiger partial charge in [0.05, 0.1) is 0 Å². The van der Waals surface area contributed by atoms with Gasteiger partial charge in [0.25, 0.3) is 0 Å². The van der Waals surface area contributed by atoms with Crippen molar-refractivity contribution in [3.63, 3.8) is 0 Å². The summed E-state index contributed by atoms with van der Waals surface area (Å²) in [5.41, 5.74) is -0.326. The molecular formula is C14H16F2O2. The normalized spacial score (nSPS) is 16.6. The van der Waals surface area contributed by atoms with Gasteiger partial charge in [-0.05, 0) is 44.2 Å². The van der Waals surface area contributed by atoms with Crippen LogP contribution in [0.4, 0.5) is 8.78 Å². The lowest BCUT2D eigenvalue weighted by Gasteiger charge is -2.22. The van der Waals surface area contributed by atoms with Crippen LogP contribution in [0.2, 0.25) is 0 Å². The Balaban J connectivity index is 2.15. The van der Waals surface area contributed by atoms with Gasteiger partial charge in [-0.1, -0.05) is 12.5 Å². The van der Waals surface area contributed by atoms with Crippen molar-refractivity contribution in [1.82, 2.24) is 0 Å². The van der Waals surface area contributed by atoms with Crippen molar-refractivity contribution >= 4 is 5.97 Å². The maximum Gasteiger partial charge on any atom is 0.344 e. The number of hydrogen-bond donors (Lipinski definition) is 0. The number of aryl methyl sites for hydroxylation is 1. The number of ether oxygens (including phenoxy) is 1. The van der Waals surface area contributed by atoms with E-state index in [-0.39, 0.29) is 11.7 Å². The molecule has 0 atom stereocenters. The van der Waals surface area contributed by atoms with Crippen molar-refractivity contribution < 1.29 is 18.3 Å². The number of benzene rings is 1. The van der Waals surface area contributed by atoms with Gasteiger partial charge in [-0.25, -0.2) is 13.6 Å². The summed E-state index contributed by atoms with van der Waals surface area (Å²) >= 11 is 0. The molecule has 1 aromatic rings. The van der Waals surface area contributed by atoms with Crippen LogP contribution in [-0.4, -0.2) is 12.1 Å². The zero-order valence-electron chi connectivity index (χ0n) is 10.3. The minimum Gasteiger partial charge on any atom is -0.459 e. The molecule has 1 aliphatic rings. The molecule has 0 saturated heterocycles. The second-order valence-corrected chi connectivity index (χ2v) is 4.72. The van der Waals surface area contributed by atoms with E-state index in [1.165, 1.54) is 13.0 Å². The van der Waals surface area contributed by atoms with Crippen LogP contribution in [0.25, 0.3) is 0 Å². The molecule has 1 aromatic carbocycles. The predicted octanol–water partition coefficient (Wildman–Crippen LogP) is 3.76. The Bertz CT molecular complexity index is 451. The van der Waals surface area contributed by atoms with Gasteiger partial charge < -0.3 is 4.74 Å². The average molecular weight is 254 g/mol. The summed E-state index contributed by atoms with van der Waals surface area (Å²) in [6.45, 7) is 1.49. The number of hydrogen-bond acceptors (Lipinski definition) is 2. The van der Waals surface area contributed by atoms with E-state index in [9.17, 15) is 13.6 Å². The molecule has 0 amide bonds. The monoisotopic (exact) mass is 254 g/mol. The van der Waals surface area contributed by atoms with Crippen LogP contribution in [0.1, 0.15) is 48.0 Å². The molecule has 0 radical (unpaired) electrons. The van der Waals surface area contributed by atoms with Crippen LogP contribution in [0.3, 0.4) is 0 Å². The molecule has 0 aromatic heterocycles. The van der Waals surface area contributed by atoms with E-state index in [0.717, 1.165) is 38.2 Å². The smallest absolute Gasteiger partial charge is 0.344 e. The Morgan fingerprint density at radius 2 is 1.89 bits per heavy atom. The molecule has 2 rings (SSSR count). The van der Waals surface area contributed by atoms with E-state index in [1.54, 1.807) is 0 Å². The third-order valence-electron chi connectivity index (χ3n) is 3.31. The van der Waals surface area contributed by atoms with E-state index in [1.807, 2.05) is 0 Å². The molecule has 1 saturated carbocycles. The summed E-state index contributed by atoms with van der Waals surface area (Å²) < 4.78 is 32.4. The Hall–Kier alpha value is -1.45. The van der Waals surface area contributed by atoms with Gasteiger partial charge in [0.1, 0.15) is 23.3 Å². The summed E-state index contributed by atoms with van der Waals surface area (Å²) in [7, 11) is 0. The van der Waals surface area contributed by atoms with Crippen LogP contribution >= 0.6 is 0 Å². The topological polar surface area (TPSA) is 26.3 Å². The highest BCUT2D eigenvalue weighted by Crippen LogP contribution is 2.23. The first-order valence-electron chi connectivity index (χ1n) is 6.25. The first-order valence-corrected chi connectivity index (χ1v) is 6.25. The zero-order chi connectivity index (χ0) is 13.1. The number of esters is 1. The van der Waals surface area contributed by atoms with Gasteiger partial charge in [-0.2, -0.15) is 0 Å². The lowest BCUT2D eigenvalue weighted by molar-refractivity contribution is 0.0200. The molecule has 4 heteroatoms. The highest BCUT2D eigenvalue weighted by Gasteiger charge is 2.24. The largest absolute Gasteiger partial charge is 0.459 e.